The molecule has 1 atom stereocenters. The van der Waals surface area contributed by atoms with Gasteiger partial charge in [-0.2, -0.15) is 0 Å². The summed E-state index contributed by atoms with van der Waals surface area (Å²) in [5.74, 6) is 0.767. The summed E-state index contributed by atoms with van der Waals surface area (Å²) in [6, 6.07) is 4.42. The Kier molecular flexibility index (Phi) is 5.75. The number of rotatable bonds is 5. The second kappa shape index (κ2) is 8.20. The van der Waals surface area contributed by atoms with Crippen LogP contribution in [0.1, 0.15) is 31.2 Å². The predicted octanol–water partition coefficient (Wildman–Crippen LogP) is 0.837. The van der Waals surface area contributed by atoms with Crippen LogP contribution in [0.15, 0.2) is 18.2 Å². The van der Waals surface area contributed by atoms with Crippen LogP contribution in [-0.2, 0) is 16.0 Å². The van der Waals surface area contributed by atoms with E-state index in [1.54, 1.807) is 23.1 Å². The van der Waals surface area contributed by atoms with E-state index >= 15 is 0 Å². The highest BCUT2D eigenvalue weighted by Crippen LogP contribution is 2.32. The van der Waals surface area contributed by atoms with Gasteiger partial charge in [0.2, 0.25) is 18.6 Å². The molecule has 0 unspecified atom stereocenters. The number of nitrogens with zero attached hydrogens (tertiary/aromatic N) is 1. The Morgan fingerprint density at radius 2 is 1.84 bits per heavy atom. The smallest absolute Gasteiger partial charge is 0.247 e. The minimum absolute atomic E-state index is 0.112. The highest BCUT2D eigenvalue weighted by Gasteiger charge is 2.26. The summed E-state index contributed by atoms with van der Waals surface area (Å²) >= 11 is 0. The van der Waals surface area contributed by atoms with Crippen LogP contribution in [0.3, 0.4) is 0 Å². The molecule has 136 valence electrons. The maximum Gasteiger partial charge on any atom is 0.247 e. The van der Waals surface area contributed by atoms with Crippen molar-refractivity contribution in [1.82, 2.24) is 10.2 Å². The van der Waals surface area contributed by atoms with Crippen LogP contribution in [-0.4, -0.2) is 54.4 Å². The van der Waals surface area contributed by atoms with Gasteiger partial charge < -0.3 is 24.8 Å². The van der Waals surface area contributed by atoms with Crippen molar-refractivity contribution in [2.24, 2.45) is 0 Å². The Labute approximate surface area is 146 Å². The Balaban J connectivity index is 1.57. The van der Waals surface area contributed by atoms with Gasteiger partial charge in [-0.15, -0.1) is 0 Å². The fourth-order valence-electron chi connectivity index (χ4n) is 3.18. The van der Waals surface area contributed by atoms with Crippen LogP contribution in [0, 0.1) is 0 Å². The first-order valence-electron chi connectivity index (χ1n) is 8.75. The Bertz CT molecular complexity index is 626. The number of aliphatic hydroxyl groups excluding tert-OH is 1. The number of ether oxygens (including phenoxy) is 2. The first-order chi connectivity index (χ1) is 12.2. The monoisotopic (exact) mass is 348 g/mol. The fraction of sp³-hybridized carbons (Fsp3) is 0.556. The van der Waals surface area contributed by atoms with Crippen LogP contribution in [0.4, 0.5) is 0 Å². The van der Waals surface area contributed by atoms with Crippen LogP contribution in [0.5, 0.6) is 11.5 Å². The average Bonchev–Trinajstić information content (AvgIpc) is 2.90. The van der Waals surface area contributed by atoms with Gasteiger partial charge in [0.25, 0.3) is 0 Å². The third-order valence-electron chi connectivity index (χ3n) is 4.54. The summed E-state index contributed by atoms with van der Waals surface area (Å²) in [5, 5.41) is 12.2. The first-order valence-corrected chi connectivity index (χ1v) is 8.75. The zero-order valence-electron chi connectivity index (χ0n) is 14.2. The lowest BCUT2D eigenvalue weighted by atomic mass is 10.1. The van der Waals surface area contributed by atoms with Crippen molar-refractivity contribution in [1.29, 1.82) is 0 Å². The van der Waals surface area contributed by atoms with E-state index in [1.807, 2.05) is 0 Å². The number of benzene rings is 1. The highest BCUT2D eigenvalue weighted by atomic mass is 16.7. The highest BCUT2D eigenvalue weighted by molar-refractivity contribution is 5.88. The average molecular weight is 348 g/mol. The lowest BCUT2D eigenvalue weighted by Gasteiger charge is -2.25. The standard InChI is InChI=1S/C18H24N2O5/c21-11-14(18(23)20-7-3-1-2-4-8-20)19-17(22)10-13-5-6-15-16(9-13)25-12-24-15/h5-6,9,14,21H,1-4,7-8,10-12H2,(H,19,22)/t14-/m0/s1. The van der Waals surface area contributed by atoms with E-state index in [9.17, 15) is 14.7 Å². The van der Waals surface area contributed by atoms with Gasteiger partial charge in [0.1, 0.15) is 6.04 Å². The summed E-state index contributed by atoms with van der Waals surface area (Å²) in [4.78, 5) is 26.6. The largest absolute Gasteiger partial charge is 0.454 e. The maximum atomic E-state index is 12.5. The van der Waals surface area contributed by atoms with Gasteiger partial charge in [-0.05, 0) is 30.5 Å². The quantitative estimate of drug-likeness (QED) is 0.823. The summed E-state index contributed by atoms with van der Waals surface area (Å²) in [5.41, 5.74) is 0.765. The second-order valence-corrected chi connectivity index (χ2v) is 6.41. The van der Waals surface area contributed by atoms with E-state index < -0.39 is 12.6 Å². The van der Waals surface area contributed by atoms with E-state index in [0.717, 1.165) is 31.2 Å². The molecule has 2 amide bonds. The van der Waals surface area contributed by atoms with Gasteiger partial charge in [0.15, 0.2) is 11.5 Å². The predicted molar refractivity (Wildman–Crippen MR) is 90.3 cm³/mol. The number of carbonyl (C=O) groups excluding carboxylic acids is 2. The molecule has 2 N–H and O–H groups in total. The molecule has 0 radical (unpaired) electrons. The molecule has 25 heavy (non-hydrogen) atoms. The van der Waals surface area contributed by atoms with Crippen molar-refractivity contribution >= 4 is 11.8 Å². The fourth-order valence-corrected chi connectivity index (χ4v) is 3.18. The third-order valence-corrected chi connectivity index (χ3v) is 4.54. The molecule has 2 aliphatic heterocycles. The Hall–Kier alpha value is -2.28. The number of carbonyl (C=O) groups is 2. The molecule has 0 spiro atoms. The van der Waals surface area contributed by atoms with Crippen molar-refractivity contribution in [3.8, 4) is 11.5 Å². The summed E-state index contributed by atoms with van der Waals surface area (Å²) in [7, 11) is 0. The second-order valence-electron chi connectivity index (χ2n) is 6.41. The SMILES string of the molecule is O=C(Cc1ccc2c(c1)OCO2)N[C@@H](CO)C(=O)N1CCCCCC1. The maximum absolute atomic E-state index is 12.5. The lowest BCUT2D eigenvalue weighted by Crippen LogP contribution is -2.51. The lowest BCUT2D eigenvalue weighted by molar-refractivity contribution is -0.137. The molecular formula is C18H24N2O5. The normalized spacial score (nSPS) is 17.7. The Morgan fingerprint density at radius 3 is 2.56 bits per heavy atom. The van der Waals surface area contributed by atoms with E-state index in [-0.39, 0.29) is 25.0 Å². The number of nitrogens with one attached hydrogen (secondary N) is 1. The van der Waals surface area contributed by atoms with Gasteiger partial charge in [-0.1, -0.05) is 18.9 Å². The third kappa shape index (κ3) is 4.42. The zero-order valence-corrected chi connectivity index (χ0v) is 14.2. The van der Waals surface area contributed by atoms with Crippen molar-refractivity contribution < 1.29 is 24.2 Å². The Morgan fingerprint density at radius 1 is 1.12 bits per heavy atom. The number of hydrogen-bond acceptors (Lipinski definition) is 5. The summed E-state index contributed by atoms with van der Waals surface area (Å²) < 4.78 is 10.5. The van der Waals surface area contributed by atoms with Crippen LogP contribution < -0.4 is 14.8 Å². The molecule has 0 aromatic heterocycles. The van der Waals surface area contributed by atoms with Crippen LogP contribution in [0.2, 0.25) is 0 Å². The van der Waals surface area contributed by atoms with Gasteiger partial charge in [-0.25, -0.2) is 0 Å². The number of likely N-dealkylation sites (tertiary alicyclic amines) is 1. The molecule has 2 aliphatic rings. The molecule has 7 heteroatoms. The van der Waals surface area contributed by atoms with Crippen molar-refractivity contribution in [3.63, 3.8) is 0 Å². The minimum Gasteiger partial charge on any atom is -0.454 e. The molecule has 1 fully saturated rings. The molecule has 1 aromatic carbocycles. The zero-order chi connectivity index (χ0) is 17.6. The molecular weight excluding hydrogens is 324 g/mol. The summed E-state index contributed by atoms with van der Waals surface area (Å²) in [6.07, 6.45) is 4.28. The topological polar surface area (TPSA) is 88.1 Å². The van der Waals surface area contributed by atoms with E-state index in [1.165, 1.54) is 0 Å². The van der Waals surface area contributed by atoms with Gasteiger partial charge >= 0.3 is 0 Å². The van der Waals surface area contributed by atoms with Crippen molar-refractivity contribution in [2.45, 2.75) is 38.1 Å². The molecule has 1 aromatic rings. The number of amides is 2. The first kappa shape index (κ1) is 17.5. The molecule has 0 saturated carbocycles. The molecule has 0 bridgehead atoms. The minimum atomic E-state index is -0.889. The summed E-state index contributed by atoms with van der Waals surface area (Å²) in [6.45, 7) is 1.16. The molecule has 7 nitrogen and oxygen atoms in total. The van der Waals surface area contributed by atoms with Crippen LogP contribution >= 0.6 is 0 Å². The molecule has 2 heterocycles. The molecule has 1 saturated heterocycles. The van der Waals surface area contributed by atoms with Crippen molar-refractivity contribution in [3.05, 3.63) is 23.8 Å². The van der Waals surface area contributed by atoms with Crippen LogP contribution in [0.25, 0.3) is 0 Å². The van der Waals surface area contributed by atoms with Gasteiger partial charge in [-0.3, -0.25) is 9.59 Å². The molecule has 0 aliphatic carbocycles. The van der Waals surface area contributed by atoms with E-state index in [0.29, 0.717) is 24.6 Å². The van der Waals surface area contributed by atoms with Crippen molar-refractivity contribution in [2.75, 3.05) is 26.5 Å². The number of aliphatic hydroxyl groups is 1. The molecule has 3 rings (SSSR count). The van der Waals surface area contributed by atoms with Gasteiger partial charge in [0, 0.05) is 13.1 Å². The number of hydrogen-bond donors (Lipinski definition) is 2. The van der Waals surface area contributed by atoms with E-state index in [4.69, 9.17) is 9.47 Å². The number of fused-ring (bicyclic) bond motifs is 1. The van der Waals surface area contributed by atoms with Gasteiger partial charge in [0.05, 0.1) is 13.0 Å². The van der Waals surface area contributed by atoms with E-state index in [2.05, 4.69) is 5.32 Å².